The minimum absolute atomic E-state index is 0.00308. The van der Waals surface area contributed by atoms with E-state index in [1.165, 1.54) is 12.1 Å². The minimum Gasteiger partial charge on any atom is -0.477 e. The summed E-state index contributed by atoms with van der Waals surface area (Å²) in [4.78, 5) is 10.7. The maximum atomic E-state index is 13.8. The van der Waals surface area contributed by atoms with E-state index in [4.69, 9.17) is 5.11 Å². The van der Waals surface area contributed by atoms with Gasteiger partial charge in [-0.1, -0.05) is 12.1 Å². The third-order valence-corrected chi connectivity index (χ3v) is 3.12. The molecule has 0 atom stereocenters. The van der Waals surface area contributed by atoms with Gasteiger partial charge in [0.05, 0.1) is 5.69 Å². The van der Waals surface area contributed by atoms with Gasteiger partial charge in [-0.2, -0.15) is 5.10 Å². The van der Waals surface area contributed by atoms with E-state index < -0.39 is 5.97 Å². The maximum Gasteiger partial charge on any atom is 0.353 e. The molecule has 1 aromatic carbocycles. The van der Waals surface area contributed by atoms with Crippen LogP contribution in [0.25, 0.3) is 11.3 Å². The van der Waals surface area contributed by atoms with Crippen molar-refractivity contribution in [3.63, 3.8) is 0 Å². The zero-order valence-electron chi connectivity index (χ0n) is 9.48. The second-order valence-corrected chi connectivity index (χ2v) is 4.48. The van der Waals surface area contributed by atoms with Gasteiger partial charge in [0.1, 0.15) is 11.5 Å². The molecule has 0 spiro atoms. The number of H-pyrrole nitrogens is 1. The van der Waals surface area contributed by atoms with Crippen LogP contribution in [0.15, 0.2) is 24.3 Å². The summed E-state index contributed by atoms with van der Waals surface area (Å²) in [6.45, 7) is 0. The highest BCUT2D eigenvalue weighted by Crippen LogP contribution is 2.41. The van der Waals surface area contributed by atoms with Crippen molar-refractivity contribution < 1.29 is 14.3 Å². The van der Waals surface area contributed by atoms with Crippen molar-refractivity contribution >= 4 is 5.97 Å². The van der Waals surface area contributed by atoms with Gasteiger partial charge in [0, 0.05) is 5.56 Å². The van der Waals surface area contributed by atoms with Crippen molar-refractivity contribution in [2.24, 2.45) is 0 Å². The largest absolute Gasteiger partial charge is 0.477 e. The lowest BCUT2D eigenvalue weighted by atomic mass is 10.1. The maximum absolute atomic E-state index is 13.8. The van der Waals surface area contributed by atoms with Crippen LogP contribution in [0.3, 0.4) is 0 Å². The Bertz CT molecular complexity index is 617. The van der Waals surface area contributed by atoms with Gasteiger partial charge in [0.15, 0.2) is 0 Å². The molecule has 0 unspecified atom stereocenters. The van der Waals surface area contributed by atoms with Gasteiger partial charge in [-0.3, -0.25) is 5.10 Å². The van der Waals surface area contributed by atoms with Crippen LogP contribution in [-0.4, -0.2) is 21.3 Å². The van der Waals surface area contributed by atoms with Crippen molar-refractivity contribution in [2.75, 3.05) is 0 Å². The van der Waals surface area contributed by atoms with Crippen LogP contribution >= 0.6 is 0 Å². The van der Waals surface area contributed by atoms with Gasteiger partial charge in [-0.05, 0) is 36.5 Å². The fourth-order valence-corrected chi connectivity index (χ4v) is 1.99. The summed E-state index contributed by atoms with van der Waals surface area (Å²) in [6, 6.07) is 6.35. The summed E-state index contributed by atoms with van der Waals surface area (Å²) >= 11 is 0. The predicted octanol–water partition coefficient (Wildman–Crippen LogP) is 2.79. The molecule has 2 aromatic rings. The third-order valence-electron chi connectivity index (χ3n) is 3.12. The Morgan fingerprint density at radius 2 is 2.17 bits per heavy atom. The topological polar surface area (TPSA) is 66.0 Å². The minimum atomic E-state index is -1.08. The zero-order valence-corrected chi connectivity index (χ0v) is 9.48. The molecule has 2 N–H and O–H groups in total. The highest BCUT2D eigenvalue weighted by molar-refractivity contribution is 5.86. The predicted molar refractivity (Wildman–Crippen MR) is 62.9 cm³/mol. The summed E-state index contributed by atoms with van der Waals surface area (Å²) in [6.07, 6.45) is 2.09. The van der Waals surface area contributed by atoms with Crippen molar-refractivity contribution in [3.8, 4) is 11.3 Å². The summed E-state index contributed by atoms with van der Waals surface area (Å²) < 4.78 is 13.8. The highest BCUT2D eigenvalue weighted by Gasteiger charge is 2.26. The first-order valence-electron chi connectivity index (χ1n) is 5.73. The number of halogens is 1. The first-order chi connectivity index (χ1) is 8.65. The number of aromatic nitrogens is 2. The molecule has 92 valence electrons. The van der Waals surface area contributed by atoms with Crippen LogP contribution in [0.4, 0.5) is 4.39 Å². The molecule has 1 saturated carbocycles. The molecule has 1 aliphatic carbocycles. The summed E-state index contributed by atoms with van der Waals surface area (Å²) in [7, 11) is 0. The third kappa shape index (κ3) is 1.88. The molecule has 1 fully saturated rings. The van der Waals surface area contributed by atoms with Crippen molar-refractivity contribution in [2.45, 2.75) is 18.8 Å². The number of nitrogens with one attached hydrogen (secondary N) is 1. The second-order valence-electron chi connectivity index (χ2n) is 4.48. The molecule has 1 aromatic heterocycles. The lowest BCUT2D eigenvalue weighted by Crippen LogP contribution is -1.95. The second kappa shape index (κ2) is 3.94. The molecule has 5 heteroatoms. The van der Waals surface area contributed by atoms with Crippen LogP contribution < -0.4 is 0 Å². The number of hydrogen-bond donors (Lipinski definition) is 2. The number of hydrogen-bond acceptors (Lipinski definition) is 2. The van der Waals surface area contributed by atoms with E-state index >= 15 is 0 Å². The number of carbonyl (C=O) groups is 1. The van der Waals surface area contributed by atoms with Crippen LogP contribution in [0.2, 0.25) is 0 Å². The van der Waals surface area contributed by atoms with E-state index in [2.05, 4.69) is 10.2 Å². The lowest BCUT2D eigenvalue weighted by molar-refractivity contribution is 0.0690. The Hall–Kier alpha value is -2.17. The van der Waals surface area contributed by atoms with Crippen LogP contribution in [-0.2, 0) is 0 Å². The Morgan fingerprint density at radius 3 is 2.72 bits per heavy atom. The van der Waals surface area contributed by atoms with Gasteiger partial charge < -0.3 is 5.11 Å². The first-order valence-corrected chi connectivity index (χ1v) is 5.73. The van der Waals surface area contributed by atoms with Gasteiger partial charge in [-0.15, -0.1) is 0 Å². The van der Waals surface area contributed by atoms with E-state index in [9.17, 15) is 9.18 Å². The lowest BCUT2D eigenvalue weighted by Gasteiger charge is -2.02. The number of rotatable bonds is 3. The number of carboxylic acid groups (broad SMARTS) is 1. The number of benzene rings is 1. The summed E-state index contributed by atoms with van der Waals surface area (Å²) in [5.41, 5.74) is 1.76. The average molecular weight is 246 g/mol. The van der Waals surface area contributed by atoms with Crippen molar-refractivity contribution in [1.29, 1.82) is 0 Å². The van der Waals surface area contributed by atoms with Crippen molar-refractivity contribution in [1.82, 2.24) is 10.2 Å². The Morgan fingerprint density at radius 1 is 1.39 bits per heavy atom. The van der Waals surface area contributed by atoms with Gasteiger partial charge in [0.25, 0.3) is 0 Å². The molecule has 1 heterocycles. The molecule has 0 radical (unpaired) electrons. The summed E-state index contributed by atoms with van der Waals surface area (Å²) in [5.74, 6) is -0.966. The molecule has 3 rings (SSSR count). The Balaban J connectivity index is 1.95. The SMILES string of the molecule is O=C(O)c1cc(-c2ccc(C3CC3)c(F)c2)n[nH]1. The first kappa shape index (κ1) is 11.0. The van der Waals surface area contributed by atoms with Crippen molar-refractivity contribution in [3.05, 3.63) is 41.3 Å². The van der Waals surface area contributed by atoms with Crippen LogP contribution in [0.5, 0.6) is 0 Å². The van der Waals surface area contributed by atoms with Gasteiger partial charge in [0.2, 0.25) is 0 Å². The van der Waals surface area contributed by atoms with E-state index in [1.54, 1.807) is 12.1 Å². The molecule has 4 nitrogen and oxygen atoms in total. The van der Waals surface area contributed by atoms with Crippen LogP contribution in [0, 0.1) is 5.82 Å². The van der Waals surface area contributed by atoms with Gasteiger partial charge in [-0.25, -0.2) is 9.18 Å². The quantitative estimate of drug-likeness (QED) is 0.875. The highest BCUT2D eigenvalue weighted by atomic mass is 19.1. The molecular weight excluding hydrogens is 235 g/mol. The molecule has 0 amide bonds. The molecule has 1 aliphatic rings. The molecule has 18 heavy (non-hydrogen) atoms. The van der Waals surface area contributed by atoms with E-state index in [1.807, 2.05) is 0 Å². The van der Waals surface area contributed by atoms with E-state index in [-0.39, 0.29) is 11.5 Å². The van der Waals surface area contributed by atoms with E-state index in [0.717, 1.165) is 18.4 Å². The standard InChI is InChI=1S/C13H11FN2O2/c14-10-5-8(3-4-9(10)7-1-2-7)11-6-12(13(17)18)16-15-11/h3-7H,1-2H2,(H,15,16)(H,17,18). The van der Waals surface area contributed by atoms with Crippen LogP contribution in [0.1, 0.15) is 34.8 Å². The molecular formula is C13H11FN2O2. The number of aromatic carboxylic acids is 1. The molecule has 0 aliphatic heterocycles. The summed E-state index contributed by atoms with van der Waals surface area (Å²) in [5, 5.41) is 15.0. The normalized spacial score (nSPS) is 14.7. The molecule has 0 bridgehead atoms. The zero-order chi connectivity index (χ0) is 12.7. The fourth-order valence-electron chi connectivity index (χ4n) is 1.99. The monoisotopic (exact) mass is 246 g/mol. The van der Waals surface area contributed by atoms with Gasteiger partial charge >= 0.3 is 5.97 Å². The van der Waals surface area contributed by atoms with E-state index in [0.29, 0.717) is 17.2 Å². The number of carboxylic acids is 1. The Labute approximate surface area is 102 Å². The fraction of sp³-hybridized carbons (Fsp3) is 0.231. The average Bonchev–Trinajstić information content (AvgIpc) is 3.05. The number of aromatic amines is 1. The molecule has 0 saturated heterocycles. The number of nitrogens with zero attached hydrogens (tertiary/aromatic N) is 1. The smallest absolute Gasteiger partial charge is 0.353 e. The Kier molecular flexibility index (Phi) is 2.40.